The zero-order chi connectivity index (χ0) is 17.6. The van der Waals surface area contributed by atoms with E-state index in [0.29, 0.717) is 12.1 Å². The summed E-state index contributed by atoms with van der Waals surface area (Å²) in [5, 5.41) is 24.7. The molecule has 3 aromatic rings. The van der Waals surface area contributed by atoms with E-state index in [1.54, 1.807) is 18.2 Å². The largest absolute Gasteiger partial charge is 0.390 e. The summed E-state index contributed by atoms with van der Waals surface area (Å²) in [4.78, 5) is 27.4. The maximum absolute atomic E-state index is 12.5. The molecule has 0 amide bonds. The molecule has 8 heteroatoms. The van der Waals surface area contributed by atoms with Gasteiger partial charge in [0, 0.05) is 12.6 Å². The number of nitrogens with zero attached hydrogens (tertiary/aromatic N) is 3. The minimum absolute atomic E-state index is 0.137. The Bertz CT molecular complexity index is 1050. The van der Waals surface area contributed by atoms with Gasteiger partial charge in [-0.1, -0.05) is 30.3 Å². The number of benzene rings is 1. The van der Waals surface area contributed by atoms with Crippen molar-refractivity contribution in [3.05, 3.63) is 80.3 Å². The van der Waals surface area contributed by atoms with Gasteiger partial charge < -0.3 is 10.4 Å². The topological polar surface area (TPSA) is 110 Å². The highest BCUT2D eigenvalue weighted by molar-refractivity contribution is 5.61. The lowest BCUT2D eigenvalue weighted by molar-refractivity contribution is -0.385. The standard InChI is InChI=1S/C17H14N4O4/c22-12-9-10-5-1-2-6-11(10)14(12)19-16-15(21(24)25)17(23)20-8-4-3-7-13(20)18-16/h1-8,12,14,19,22H,9H2/t12-,14+/m0/s1. The molecule has 25 heavy (non-hydrogen) atoms. The Morgan fingerprint density at radius 2 is 2.00 bits per heavy atom. The maximum Gasteiger partial charge on any atom is 0.376 e. The fourth-order valence-corrected chi connectivity index (χ4v) is 3.24. The average molecular weight is 338 g/mol. The van der Waals surface area contributed by atoms with Gasteiger partial charge in [-0.3, -0.25) is 19.3 Å². The first kappa shape index (κ1) is 15.3. The van der Waals surface area contributed by atoms with E-state index in [1.807, 2.05) is 24.3 Å². The Labute approximate surface area is 141 Å². The van der Waals surface area contributed by atoms with Crippen LogP contribution in [0.3, 0.4) is 0 Å². The summed E-state index contributed by atoms with van der Waals surface area (Å²) in [6, 6.07) is 11.8. The number of hydrogen-bond acceptors (Lipinski definition) is 6. The Kier molecular flexibility index (Phi) is 3.47. The van der Waals surface area contributed by atoms with E-state index in [1.165, 1.54) is 6.20 Å². The highest BCUT2D eigenvalue weighted by Crippen LogP contribution is 2.35. The van der Waals surface area contributed by atoms with Gasteiger partial charge in [0.15, 0.2) is 0 Å². The summed E-state index contributed by atoms with van der Waals surface area (Å²) in [5.74, 6) is -0.137. The highest BCUT2D eigenvalue weighted by atomic mass is 16.6. The zero-order valence-corrected chi connectivity index (χ0v) is 13.0. The van der Waals surface area contributed by atoms with Crippen LogP contribution in [-0.4, -0.2) is 25.5 Å². The smallest absolute Gasteiger partial charge is 0.376 e. The summed E-state index contributed by atoms with van der Waals surface area (Å²) in [6.45, 7) is 0. The Morgan fingerprint density at radius 1 is 1.24 bits per heavy atom. The molecule has 4 rings (SSSR count). The fourth-order valence-electron chi connectivity index (χ4n) is 3.24. The first-order valence-electron chi connectivity index (χ1n) is 7.74. The van der Waals surface area contributed by atoms with Crippen LogP contribution >= 0.6 is 0 Å². The number of pyridine rings is 1. The molecule has 2 atom stereocenters. The van der Waals surface area contributed by atoms with Crippen LogP contribution in [0, 0.1) is 10.1 Å². The summed E-state index contributed by atoms with van der Waals surface area (Å²) in [6.07, 6.45) is 1.11. The summed E-state index contributed by atoms with van der Waals surface area (Å²) in [5.41, 5.74) is 0.701. The molecular formula is C17H14N4O4. The number of nitro groups is 1. The quantitative estimate of drug-likeness (QED) is 0.555. The molecule has 2 heterocycles. The second kappa shape index (κ2) is 5.67. The van der Waals surface area contributed by atoms with Crippen LogP contribution in [0.1, 0.15) is 17.2 Å². The molecule has 0 saturated heterocycles. The summed E-state index contributed by atoms with van der Waals surface area (Å²) < 4.78 is 1.13. The second-order valence-corrected chi connectivity index (χ2v) is 5.89. The van der Waals surface area contributed by atoms with Crippen molar-refractivity contribution in [3.8, 4) is 0 Å². The van der Waals surface area contributed by atoms with E-state index >= 15 is 0 Å². The van der Waals surface area contributed by atoms with E-state index in [9.17, 15) is 20.0 Å². The first-order valence-corrected chi connectivity index (χ1v) is 7.74. The third-order valence-corrected chi connectivity index (χ3v) is 4.39. The van der Waals surface area contributed by atoms with Gasteiger partial charge in [-0.25, -0.2) is 4.98 Å². The van der Waals surface area contributed by atoms with Gasteiger partial charge in [0.25, 0.3) is 0 Å². The van der Waals surface area contributed by atoms with Crippen LogP contribution in [0.25, 0.3) is 5.65 Å². The fraction of sp³-hybridized carbons (Fsp3) is 0.176. The van der Waals surface area contributed by atoms with Crippen molar-refractivity contribution in [2.75, 3.05) is 5.32 Å². The van der Waals surface area contributed by atoms with E-state index in [-0.39, 0.29) is 5.82 Å². The molecule has 0 saturated carbocycles. The SMILES string of the molecule is O=c1c([N+](=O)[O-])c(N[C@@H]2c3ccccc3C[C@@H]2O)nc2ccccn12. The monoisotopic (exact) mass is 338 g/mol. The zero-order valence-electron chi connectivity index (χ0n) is 13.0. The third-order valence-electron chi connectivity index (χ3n) is 4.39. The lowest BCUT2D eigenvalue weighted by Gasteiger charge is -2.18. The number of rotatable bonds is 3. The van der Waals surface area contributed by atoms with Crippen LogP contribution in [-0.2, 0) is 6.42 Å². The van der Waals surface area contributed by atoms with Crippen molar-refractivity contribution in [1.82, 2.24) is 9.38 Å². The predicted octanol–water partition coefficient (Wildman–Crippen LogP) is 1.67. The van der Waals surface area contributed by atoms with Crippen molar-refractivity contribution < 1.29 is 10.0 Å². The number of hydrogen-bond donors (Lipinski definition) is 2. The number of aromatic nitrogens is 2. The second-order valence-electron chi connectivity index (χ2n) is 5.89. The minimum atomic E-state index is -0.765. The average Bonchev–Trinajstić information content (AvgIpc) is 2.90. The van der Waals surface area contributed by atoms with Gasteiger partial charge in [0.1, 0.15) is 5.65 Å². The molecule has 126 valence electrons. The molecule has 2 N–H and O–H groups in total. The van der Waals surface area contributed by atoms with Crippen molar-refractivity contribution in [2.45, 2.75) is 18.6 Å². The Morgan fingerprint density at radius 3 is 2.80 bits per heavy atom. The number of aliphatic hydroxyl groups is 1. The van der Waals surface area contributed by atoms with Crippen molar-refractivity contribution >= 4 is 17.2 Å². The summed E-state index contributed by atoms with van der Waals surface area (Å²) in [7, 11) is 0. The van der Waals surface area contributed by atoms with Gasteiger partial charge in [-0.05, 0) is 23.3 Å². The lowest BCUT2D eigenvalue weighted by atomic mass is 10.1. The maximum atomic E-state index is 12.5. The molecular weight excluding hydrogens is 324 g/mol. The van der Waals surface area contributed by atoms with E-state index < -0.39 is 28.3 Å². The van der Waals surface area contributed by atoms with Gasteiger partial charge in [-0.2, -0.15) is 0 Å². The number of fused-ring (bicyclic) bond motifs is 2. The van der Waals surface area contributed by atoms with E-state index in [4.69, 9.17) is 0 Å². The van der Waals surface area contributed by atoms with E-state index in [0.717, 1.165) is 15.5 Å². The van der Waals surface area contributed by atoms with Crippen molar-refractivity contribution in [3.63, 3.8) is 0 Å². The molecule has 1 aliphatic carbocycles. The van der Waals surface area contributed by atoms with E-state index in [2.05, 4.69) is 10.3 Å². The van der Waals surface area contributed by atoms with Gasteiger partial charge in [0.05, 0.1) is 17.1 Å². The van der Waals surface area contributed by atoms with Gasteiger partial charge in [0.2, 0.25) is 5.82 Å². The number of nitrogens with one attached hydrogen (secondary N) is 1. The molecule has 2 aromatic heterocycles. The molecule has 0 spiro atoms. The van der Waals surface area contributed by atoms with Crippen LogP contribution in [0.4, 0.5) is 11.5 Å². The molecule has 8 nitrogen and oxygen atoms in total. The molecule has 0 bridgehead atoms. The highest BCUT2D eigenvalue weighted by Gasteiger charge is 2.34. The van der Waals surface area contributed by atoms with Crippen LogP contribution in [0.5, 0.6) is 0 Å². The third kappa shape index (κ3) is 2.43. The van der Waals surface area contributed by atoms with Crippen molar-refractivity contribution in [2.24, 2.45) is 0 Å². The first-order chi connectivity index (χ1) is 12.1. The van der Waals surface area contributed by atoms with Crippen LogP contribution in [0.15, 0.2) is 53.5 Å². The lowest BCUT2D eigenvalue weighted by Crippen LogP contribution is -2.26. The molecule has 0 aliphatic heterocycles. The van der Waals surface area contributed by atoms with Crippen LogP contribution < -0.4 is 10.9 Å². The summed E-state index contributed by atoms with van der Waals surface area (Å²) >= 11 is 0. The van der Waals surface area contributed by atoms with Crippen LogP contribution in [0.2, 0.25) is 0 Å². The van der Waals surface area contributed by atoms with Gasteiger partial charge in [-0.15, -0.1) is 0 Å². The Balaban J connectivity index is 1.86. The molecule has 1 aromatic carbocycles. The molecule has 0 fully saturated rings. The van der Waals surface area contributed by atoms with Crippen molar-refractivity contribution in [1.29, 1.82) is 0 Å². The molecule has 1 aliphatic rings. The molecule has 0 radical (unpaired) electrons. The predicted molar refractivity (Wildman–Crippen MR) is 90.6 cm³/mol. The number of anilines is 1. The molecule has 0 unspecified atom stereocenters. The normalized spacial score (nSPS) is 18.9. The van der Waals surface area contributed by atoms with Gasteiger partial charge >= 0.3 is 11.2 Å². The minimum Gasteiger partial charge on any atom is -0.390 e. The Hall–Kier alpha value is -3.26. The number of aliphatic hydroxyl groups excluding tert-OH is 1.